The third-order valence-electron chi connectivity index (χ3n) is 2.72. The molecule has 2 heterocycles. The first-order valence-corrected chi connectivity index (χ1v) is 7.62. The Hall–Kier alpha value is -2.49. The van der Waals surface area contributed by atoms with Crippen molar-refractivity contribution in [2.75, 3.05) is 11.9 Å². The minimum atomic E-state index is -4.56. The van der Waals surface area contributed by atoms with Crippen LogP contribution in [0.3, 0.4) is 0 Å². The van der Waals surface area contributed by atoms with Crippen molar-refractivity contribution in [3.63, 3.8) is 0 Å². The monoisotopic (exact) mass is 359 g/mol. The van der Waals surface area contributed by atoms with Crippen molar-refractivity contribution in [2.45, 2.75) is 19.5 Å². The average Bonchev–Trinajstić information content (AvgIpc) is 2.93. The number of hydrogen-bond acceptors (Lipinski definition) is 6. The smallest absolute Gasteiger partial charge is 0.433 e. The number of nitrogens with one attached hydrogen (secondary N) is 1. The molecular formula is C14H12F3N3O3S. The summed E-state index contributed by atoms with van der Waals surface area (Å²) in [6.07, 6.45) is -3.75. The Labute approximate surface area is 138 Å². The third-order valence-corrected chi connectivity index (χ3v) is 3.53. The fourth-order valence-electron chi connectivity index (χ4n) is 1.67. The number of halogens is 3. The van der Waals surface area contributed by atoms with E-state index in [-0.39, 0.29) is 23.7 Å². The number of alkyl halides is 3. The van der Waals surface area contributed by atoms with E-state index in [4.69, 9.17) is 4.74 Å². The van der Waals surface area contributed by atoms with Crippen molar-refractivity contribution >= 4 is 28.3 Å². The van der Waals surface area contributed by atoms with Crippen LogP contribution in [0.15, 0.2) is 23.7 Å². The number of aromatic nitrogens is 2. The Morgan fingerprint density at radius 2 is 2.08 bits per heavy atom. The number of anilines is 1. The maximum absolute atomic E-state index is 12.4. The molecule has 24 heavy (non-hydrogen) atoms. The minimum absolute atomic E-state index is 0.0257. The fourth-order valence-corrected chi connectivity index (χ4v) is 2.38. The van der Waals surface area contributed by atoms with Gasteiger partial charge >= 0.3 is 12.1 Å². The highest BCUT2D eigenvalue weighted by Crippen LogP contribution is 2.27. The lowest BCUT2D eigenvalue weighted by Gasteiger charge is -2.06. The standard InChI is InChI=1S/C14H12F3N3O3S/c1-2-23-11(21)5-9-7-24-13(19-9)20-12(22)8-3-4-10(18-6-8)14(15,16)17/h3-4,6-7H,2,5H2,1H3,(H,19,20,22). The van der Waals surface area contributed by atoms with Gasteiger partial charge < -0.3 is 4.74 Å². The molecule has 128 valence electrons. The van der Waals surface area contributed by atoms with Crippen molar-refractivity contribution in [1.82, 2.24) is 9.97 Å². The fraction of sp³-hybridized carbons (Fsp3) is 0.286. The number of carbonyl (C=O) groups is 2. The molecule has 0 aromatic carbocycles. The summed E-state index contributed by atoms with van der Waals surface area (Å²) in [5, 5.41) is 4.24. The summed E-state index contributed by atoms with van der Waals surface area (Å²) in [5.41, 5.74) is -0.686. The molecule has 2 aromatic rings. The quantitative estimate of drug-likeness (QED) is 0.830. The summed E-state index contributed by atoms with van der Waals surface area (Å²) in [6, 6.07) is 1.75. The van der Waals surface area contributed by atoms with E-state index in [1.165, 1.54) is 0 Å². The number of pyridine rings is 1. The van der Waals surface area contributed by atoms with Crippen LogP contribution < -0.4 is 5.32 Å². The van der Waals surface area contributed by atoms with E-state index in [1.54, 1.807) is 12.3 Å². The van der Waals surface area contributed by atoms with Crippen LogP contribution in [0.25, 0.3) is 0 Å². The highest BCUT2D eigenvalue weighted by molar-refractivity contribution is 7.14. The average molecular weight is 359 g/mol. The zero-order chi connectivity index (χ0) is 17.7. The second-order valence-corrected chi connectivity index (χ2v) is 5.37. The molecule has 2 rings (SSSR count). The predicted octanol–water partition coefficient (Wildman–Crippen LogP) is 2.91. The van der Waals surface area contributed by atoms with E-state index in [0.717, 1.165) is 29.7 Å². The van der Waals surface area contributed by atoms with E-state index in [2.05, 4.69) is 15.3 Å². The van der Waals surface area contributed by atoms with Gasteiger partial charge in [-0.15, -0.1) is 11.3 Å². The van der Waals surface area contributed by atoms with Crippen LogP contribution in [-0.2, 0) is 22.1 Å². The number of ether oxygens (including phenoxy) is 1. The molecule has 0 atom stereocenters. The Balaban J connectivity index is 2.00. The van der Waals surface area contributed by atoms with Crippen LogP contribution >= 0.6 is 11.3 Å². The van der Waals surface area contributed by atoms with Gasteiger partial charge in [0.05, 0.1) is 24.3 Å². The van der Waals surface area contributed by atoms with Crippen LogP contribution in [-0.4, -0.2) is 28.5 Å². The molecule has 10 heteroatoms. The lowest BCUT2D eigenvalue weighted by atomic mass is 10.2. The van der Waals surface area contributed by atoms with Crippen LogP contribution in [0, 0.1) is 0 Å². The summed E-state index contributed by atoms with van der Waals surface area (Å²) >= 11 is 1.09. The topological polar surface area (TPSA) is 81.2 Å². The van der Waals surface area contributed by atoms with Crippen molar-refractivity contribution in [3.8, 4) is 0 Å². The van der Waals surface area contributed by atoms with E-state index in [0.29, 0.717) is 5.69 Å². The Morgan fingerprint density at radius 1 is 1.33 bits per heavy atom. The van der Waals surface area contributed by atoms with Crippen LogP contribution in [0.1, 0.15) is 28.7 Å². The first-order valence-electron chi connectivity index (χ1n) is 6.74. The zero-order valence-corrected chi connectivity index (χ0v) is 13.2. The van der Waals surface area contributed by atoms with E-state index < -0.39 is 23.7 Å². The van der Waals surface area contributed by atoms with Gasteiger partial charge in [-0.1, -0.05) is 0 Å². The first-order chi connectivity index (χ1) is 11.3. The molecule has 1 amide bonds. The van der Waals surface area contributed by atoms with E-state index >= 15 is 0 Å². The molecule has 0 bridgehead atoms. The molecule has 6 nitrogen and oxygen atoms in total. The molecule has 0 radical (unpaired) electrons. The van der Waals surface area contributed by atoms with Crippen LogP contribution in [0.5, 0.6) is 0 Å². The second kappa shape index (κ2) is 7.39. The second-order valence-electron chi connectivity index (χ2n) is 4.51. The highest BCUT2D eigenvalue weighted by Gasteiger charge is 2.32. The van der Waals surface area contributed by atoms with Gasteiger partial charge in [0.25, 0.3) is 5.91 Å². The number of esters is 1. The Bertz CT molecular complexity index is 729. The molecule has 0 saturated heterocycles. The number of carbonyl (C=O) groups excluding carboxylic acids is 2. The normalized spacial score (nSPS) is 11.2. The van der Waals surface area contributed by atoms with Gasteiger partial charge in [0.1, 0.15) is 5.69 Å². The maximum Gasteiger partial charge on any atom is 0.433 e. The SMILES string of the molecule is CCOC(=O)Cc1csc(NC(=O)c2ccc(C(F)(F)F)nc2)n1. The molecule has 0 fully saturated rings. The van der Waals surface area contributed by atoms with Gasteiger partial charge in [0.2, 0.25) is 0 Å². The summed E-state index contributed by atoms with van der Waals surface area (Å²) in [5.74, 6) is -1.08. The van der Waals surface area contributed by atoms with Crippen molar-refractivity contribution in [2.24, 2.45) is 0 Å². The number of amides is 1. The molecule has 0 unspecified atom stereocenters. The highest BCUT2D eigenvalue weighted by atomic mass is 32.1. The van der Waals surface area contributed by atoms with Crippen LogP contribution in [0.2, 0.25) is 0 Å². The van der Waals surface area contributed by atoms with Gasteiger partial charge in [-0.2, -0.15) is 13.2 Å². The van der Waals surface area contributed by atoms with Gasteiger partial charge in [-0.25, -0.2) is 4.98 Å². The number of nitrogens with zero attached hydrogens (tertiary/aromatic N) is 2. The van der Waals surface area contributed by atoms with E-state index in [9.17, 15) is 22.8 Å². The molecule has 0 aliphatic carbocycles. The molecule has 0 saturated carbocycles. The van der Waals surface area contributed by atoms with Crippen molar-refractivity contribution in [1.29, 1.82) is 0 Å². The summed E-state index contributed by atoms with van der Waals surface area (Å²) in [6.45, 7) is 1.94. The lowest BCUT2D eigenvalue weighted by molar-refractivity contribution is -0.142. The Kier molecular flexibility index (Phi) is 5.50. The van der Waals surface area contributed by atoms with Gasteiger partial charge in [-0.3, -0.25) is 19.9 Å². The number of hydrogen-bond donors (Lipinski definition) is 1. The van der Waals surface area contributed by atoms with Crippen molar-refractivity contribution < 1.29 is 27.5 Å². The number of thiazole rings is 1. The lowest BCUT2D eigenvalue weighted by Crippen LogP contribution is -2.14. The largest absolute Gasteiger partial charge is 0.466 e. The van der Waals surface area contributed by atoms with Crippen LogP contribution in [0.4, 0.5) is 18.3 Å². The summed E-state index contributed by atoms with van der Waals surface area (Å²) in [4.78, 5) is 30.5. The zero-order valence-electron chi connectivity index (χ0n) is 12.4. The summed E-state index contributed by atoms with van der Waals surface area (Å²) < 4.78 is 42.0. The Morgan fingerprint density at radius 3 is 2.67 bits per heavy atom. The van der Waals surface area contributed by atoms with Gasteiger partial charge in [0, 0.05) is 11.6 Å². The molecule has 0 spiro atoms. The van der Waals surface area contributed by atoms with Gasteiger partial charge in [-0.05, 0) is 19.1 Å². The first kappa shape index (κ1) is 17.9. The number of rotatable bonds is 5. The van der Waals surface area contributed by atoms with E-state index in [1.807, 2.05) is 0 Å². The molecule has 0 aliphatic heterocycles. The summed E-state index contributed by atoms with van der Waals surface area (Å²) in [7, 11) is 0. The van der Waals surface area contributed by atoms with Gasteiger partial charge in [0.15, 0.2) is 5.13 Å². The predicted molar refractivity (Wildman–Crippen MR) is 79.6 cm³/mol. The molecule has 2 aromatic heterocycles. The molecule has 1 N–H and O–H groups in total. The van der Waals surface area contributed by atoms with Crippen molar-refractivity contribution in [3.05, 3.63) is 40.7 Å². The minimum Gasteiger partial charge on any atom is -0.466 e. The molecule has 0 aliphatic rings. The molecular weight excluding hydrogens is 347 g/mol. The third kappa shape index (κ3) is 4.75. The maximum atomic E-state index is 12.4.